The molecule has 0 amide bonds. The fourth-order valence-corrected chi connectivity index (χ4v) is 2.40. The van der Waals surface area contributed by atoms with Crippen molar-refractivity contribution in [1.29, 1.82) is 0 Å². The predicted octanol–water partition coefficient (Wildman–Crippen LogP) is 0.683. The first-order valence-electron chi connectivity index (χ1n) is 8.32. The minimum Gasteiger partial charge on any atom is -0.361 e. The van der Waals surface area contributed by atoms with Crippen LogP contribution < -0.4 is 11.2 Å². The molecule has 9 nitrogen and oxygen atoms in total. The van der Waals surface area contributed by atoms with Crippen LogP contribution in [-0.2, 0) is 15.8 Å². The number of aromatic nitrogens is 2. The number of H-pyrrole nitrogens is 1. The summed E-state index contributed by atoms with van der Waals surface area (Å²) in [5, 5.41) is 0. The number of ether oxygens (including phenoxy) is 1. The second-order valence-corrected chi connectivity index (χ2v) is 7.17. The van der Waals surface area contributed by atoms with Crippen LogP contribution in [-0.4, -0.2) is 63.0 Å². The average Bonchev–Trinajstić information content (AvgIpc) is 2.57. The van der Waals surface area contributed by atoms with Crippen LogP contribution in [0.4, 0.5) is 4.39 Å². The standard InChI is InChI=1S/C9H14FN2O6P.C6H15N/c1-6-3-12(9(14)11-8(6)13)4-7(2-10)18-5-19(15,16)17;1-4-7(5-2)6-3/h3,7H,2,4-5H2,1H3,(H,11,13,14)(H2,15,16,17);4-6H2,1-3H3/t7-;/m1./s1. The first-order valence-corrected chi connectivity index (χ1v) is 10.1. The summed E-state index contributed by atoms with van der Waals surface area (Å²) in [5.74, 6) is 0. The lowest BCUT2D eigenvalue weighted by molar-refractivity contribution is 0.0429. The number of hydrogen-bond donors (Lipinski definition) is 3. The Morgan fingerprint density at radius 1 is 1.27 bits per heavy atom. The minimum atomic E-state index is -4.40. The Morgan fingerprint density at radius 3 is 2.19 bits per heavy atom. The molecular formula is C15H29FN3O6P. The fourth-order valence-electron chi connectivity index (χ4n) is 1.99. The second kappa shape index (κ2) is 12.1. The van der Waals surface area contributed by atoms with Gasteiger partial charge in [-0.25, -0.2) is 9.18 Å². The Hall–Kier alpha value is -1.32. The van der Waals surface area contributed by atoms with Gasteiger partial charge in [0.15, 0.2) is 0 Å². The van der Waals surface area contributed by atoms with Gasteiger partial charge in [0.2, 0.25) is 0 Å². The van der Waals surface area contributed by atoms with E-state index in [1.165, 1.54) is 32.8 Å². The summed E-state index contributed by atoms with van der Waals surface area (Å²) in [6, 6.07) is 0. The molecule has 0 unspecified atom stereocenters. The molecule has 0 fully saturated rings. The van der Waals surface area contributed by atoms with Gasteiger partial charge in [-0.15, -0.1) is 0 Å². The maximum absolute atomic E-state index is 12.7. The van der Waals surface area contributed by atoms with Gasteiger partial charge < -0.3 is 19.4 Å². The van der Waals surface area contributed by atoms with E-state index in [1.807, 2.05) is 4.98 Å². The average molecular weight is 397 g/mol. The number of nitrogens with one attached hydrogen (secondary N) is 1. The number of aromatic amines is 1. The first-order chi connectivity index (χ1) is 12.1. The van der Waals surface area contributed by atoms with Crippen molar-refractivity contribution in [1.82, 2.24) is 14.5 Å². The Kier molecular flexibility index (Phi) is 11.5. The van der Waals surface area contributed by atoms with E-state index in [-0.39, 0.29) is 12.1 Å². The third-order valence-electron chi connectivity index (χ3n) is 3.58. The third-order valence-corrected chi connectivity index (χ3v) is 4.07. The Bertz CT molecular complexity index is 677. The molecule has 1 aromatic heterocycles. The molecule has 0 saturated heterocycles. The fraction of sp³-hybridized carbons (Fsp3) is 0.733. The van der Waals surface area contributed by atoms with Crippen molar-refractivity contribution in [3.8, 4) is 0 Å². The Balaban J connectivity index is 0.000000758. The van der Waals surface area contributed by atoms with Crippen molar-refractivity contribution >= 4 is 7.60 Å². The van der Waals surface area contributed by atoms with E-state index < -0.39 is 38.0 Å². The van der Waals surface area contributed by atoms with Crippen molar-refractivity contribution in [3.05, 3.63) is 32.6 Å². The molecule has 0 radical (unpaired) electrons. The zero-order chi connectivity index (χ0) is 20.3. The molecule has 26 heavy (non-hydrogen) atoms. The minimum absolute atomic E-state index is 0.257. The highest BCUT2D eigenvalue weighted by atomic mass is 31.2. The van der Waals surface area contributed by atoms with Crippen molar-refractivity contribution < 1.29 is 23.5 Å². The van der Waals surface area contributed by atoms with Crippen LogP contribution in [0.3, 0.4) is 0 Å². The lowest BCUT2D eigenvalue weighted by atomic mass is 10.3. The molecule has 0 bridgehead atoms. The molecule has 1 rings (SSSR count). The SMILES string of the molecule is CCN(CC)CC.Cc1cn(C[C@@H](CF)OCP(=O)(O)O)c(=O)[nH]c1=O. The molecule has 152 valence electrons. The van der Waals surface area contributed by atoms with Crippen molar-refractivity contribution in [2.24, 2.45) is 0 Å². The summed E-state index contributed by atoms with van der Waals surface area (Å²) in [4.78, 5) is 44.2. The molecule has 0 saturated carbocycles. The molecule has 1 atom stereocenters. The first kappa shape index (κ1) is 24.7. The largest absolute Gasteiger partial charge is 0.361 e. The van der Waals surface area contributed by atoms with E-state index >= 15 is 0 Å². The lowest BCUT2D eigenvalue weighted by Crippen LogP contribution is -2.35. The van der Waals surface area contributed by atoms with E-state index in [4.69, 9.17) is 14.5 Å². The highest BCUT2D eigenvalue weighted by Crippen LogP contribution is 2.34. The lowest BCUT2D eigenvalue weighted by Gasteiger charge is -2.16. The van der Waals surface area contributed by atoms with Gasteiger partial charge in [0, 0.05) is 11.8 Å². The number of nitrogens with zero attached hydrogens (tertiary/aromatic N) is 2. The third kappa shape index (κ3) is 9.98. The zero-order valence-electron chi connectivity index (χ0n) is 15.6. The maximum Gasteiger partial charge on any atom is 0.350 e. The molecule has 0 aromatic carbocycles. The highest BCUT2D eigenvalue weighted by molar-refractivity contribution is 7.51. The number of aryl methyl sites for hydroxylation is 1. The van der Waals surface area contributed by atoms with Crippen molar-refractivity contribution in [3.63, 3.8) is 0 Å². The molecule has 0 aliphatic carbocycles. The summed E-state index contributed by atoms with van der Waals surface area (Å²) >= 11 is 0. The topological polar surface area (TPSA) is 125 Å². The summed E-state index contributed by atoms with van der Waals surface area (Å²) in [7, 11) is -4.40. The van der Waals surface area contributed by atoms with Crippen molar-refractivity contribution in [2.75, 3.05) is 32.7 Å². The van der Waals surface area contributed by atoms with E-state index in [0.717, 1.165) is 4.57 Å². The Morgan fingerprint density at radius 2 is 1.81 bits per heavy atom. The summed E-state index contributed by atoms with van der Waals surface area (Å²) in [6.45, 7) is 10.3. The summed E-state index contributed by atoms with van der Waals surface area (Å²) in [5.41, 5.74) is -1.03. The zero-order valence-corrected chi connectivity index (χ0v) is 16.5. The number of hydrogen-bond acceptors (Lipinski definition) is 5. The van der Waals surface area contributed by atoms with Crippen LogP contribution >= 0.6 is 7.60 Å². The van der Waals surface area contributed by atoms with E-state index in [1.54, 1.807) is 0 Å². The molecule has 0 spiro atoms. The van der Waals surface area contributed by atoms with Gasteiger partial charge in [0.05, 0.1) is 6.54 Å². The number of halogens is 1. The maximum atomic E-state index is 12.7. The smallest absolute Gasteiger partial charge is 0.350 e. The van der Waals surface area contributed by atoms with Crippen LogP contribution in [0.2, 0.25) is 0 Å². The van der Waals surface area contributed by atoms with Gasteiger partial charge in [-0.2, -0.15) is 0 Å². The van der Waals surface area contributed by atoms with Gasteiger partial charge >= 0.3 is 13.3 Å². The molecule has 1 heterocycles. The summed E-state index contributed by atoms with van der Waals surface area (Å²) < 4.78 is 29.0. The molecule has 0 aliphatic heterocycles. The number of rotatable bonds is 9. The van der Waals surface area contributed by atoms with Gasteiger partial charge in [0.25, 0.3) is 5.56 Å². The number of alkyl halides is 1. The van der Waals surface area contributed by atoms with Crippen LogP contribution in [0.5, 0.6) is 0 Å². The van der Waals surface area contributed by atoms with Crippen molar-refractivity contribution in [2.45, 2.75) is 40.3 Å². The molecule has 11 heteroatoms. The molecule has 0 aliphatic rings. The quantitative estimate of drug-likeness (QED) is 0.524. The van der Waals surface area contributed by atoms with E-state index in [9.17, 15) is 18.5 Å². The van der Waals surface area contributed by atoms with Gasteiger partial charge in [-0.1, -0.05) is 20.8 Å². The van der Waals surface area contributed by atoms with Gasteiger partial charge in [0.1, 0.15) is 19.1 Å². The Labute approximate surface area is 152 Å². The van der Waals surface area contributed by atoms with E-state index in [0.29, 0.717) is 0 Å². The molecular weight excluding hydrogens is 368 g/mol. The van der Waals surface area contributed by atoms with Crippen LogP contribution in [0.1, 0.15) is 26.3 Å². The second-order valence-electron chi connectivity index (χ2n) is 5.58. The highest BCUT2D eigenvalue weighted by Gasteiger charge is 2.19. The molecule has 3 N–H and O–H groups in total. The predicted molar refractivity (Wildman–Crippen MR) is 97.3 cm³/mol. The summed E-state index contributed by atoms with van der Waals surface area (Å²) in [6.07, 6.45) is -0.890. The van der Waals surface area contributed by atoms with Gasteiger partial charge in [-0.3, -0.25) is 18.9 Å². The van der Waals surface area contributed by atoms with Gasteiger partial charge in [-0.05, 0) is 26.6 Å². The van der Waals surface area contributed by atoms with E-state index in [2.05, 4.69) is 25.7 Å². The monoisotopic (exact) mass is 397 g/mol. The van der Waals surface area contributed by atoms with Crippen LogP contribution in [0, 0.1) is 6.92 Å². The van der Waals surface area contributed by atoms with Crippen LogP contribution in [0.25, 0.3) is 0 Å². The normalized spacial score (nSPS) is 12.6. The van der Waals surface area contributed by atoms with Crippen LogP contribution in [0.15, 0.2) is 15.8 Å². The molecule has 1 aromatic rings.